The van der Waals surface area contributed by atoms with E-state index in [1.165, 1.54) is 18.2 Å². The number of halogens is 12. The Kier molecular flexibility index (Phi) is 13.0. The Morgan fingerprint density at radius 1 is 0.291 bits per heavy atom. The number of aromatic nitrogens is 5. The Hall–Kier alpha value is -10.5. The SMILES string of the molecule is N#Cc1c(-c2ccc(-c3nc(-c4ccccc4)nc(-c4ccccc4)n3)c(-n3c4ccccc4c4cc(-c5cc(C(F)(F)F)cc(C(F)(F)F)c5)ccc43)c2)cccc1-n1c2ccccc2c2cc(-c3cc(C(F)(F)F)cc(C(F)(F)F)c3)ccc21. The maximum Gasteiger partial charge on any atom is 0.416 e. The Bertz CT molecular complexity index is 4770. The highest BCUT2D eigenvalue weighted by atomic mass is 19.4. The highest BCUT2D eigenvalue weighted by molar-refractivity contribution is 6.12. The molecule has 0 aliphatic carbocycles. The second-order valence-electron chi connectivity index (χ2n) is 20.3. The summed E-state index contributed by atoms with van der Waals surface area (Å²) < 4.78 is 174. The van der Waals surface area contributed by atoms with Crippen molar-refractivity contribution in [3.63, 3.8) is 0 Å². The van der Waals surface area contributed by atoms with Crippen LogP contribution in [0.5, 0.6) is 0 Å². The number of nitriles is 1. The normalized spacial score (nSPS) is 12.4. The number of alkyl halides is 12. The number of nitrogens with zero attached hydrogens (tertiary/aromatic N) is 6. The smallest absolute Gasteiger partial charge is 0.308 e. The van der Waals surface area contributed by atoms with Crippen LogP contribution in [0.1, 0.15) is 27.8 Å². The van der Waals surface area contributed by atoms with E-state index in [1.54, 1.807) is 95.6 Å². The van der Waals surface area contributed by atoms with Crippen molar-refractivity contribution < 1.29 is 52.7 Å². The number of hydrogen-bond donors (Lipinski definition) is 0. The Morgan fingerprint density at radius 3 is 1.13 bits per heavy atom. The van der Waals surface area contributed by atoms with E-state index in [1.807, 2.05) is 77.4 Å². The van der Waals surface area contributed by atoms with Crippen LogP contribution in [0.2, 0.25) is 0 Å². The molecule has 0 N–H and O–H groups in total. The summed E-state index contributed by atoms with van der Waals surface area (Å²) in [6, 6.07) is 57.6. The Balaban J connectivity index is 1.04. The van der Waals surface area contributed by atoms with Crippen molar-refractivity contribution in [1.82, 2.24) is 24.1 Å². The minimum absolute atomic E-state index is 0.0731. The predicted molar refractivity (Wildman–Crippen MR) is 306 cm³/mol. The molecule has 18 heteroatoms. The van der Waals surface area contributed by atoms with Crippen molar-refractivity contribution in [2.45, 2.75) is 24.7 Å². The van der Waals surface area contributed by atoms with Crippen LogP contribution in [0.4, 0.5) is 52.7 Å². The largest absolute Gasteiger partial charge is 0.416 e. The second kappa shape index (κ2) is 20.4. The van der Waals surface area contributed by atoms with Gasteiger partial charge in [-0.05, 0) is 119 Å². The molecule has 0 saturated heterocycles. The van der Waals surface area contributed by atoms with E-state index in [0.717, 1.165) is 0 Å². The molecule has 0 radical (unpaired) electrons. The number of para-hydroxylation sites is 2. The van der Waals surface area contributed by atoms with E-state index >= 15 is 0 Å². The van der Waals surface area contributed by atoms with Gasteiger partial charge in [-0.25, -0.2) is 15.0 Å². The third kappa shape index (κ3) is 9.79. The maximum absolute atomic E-state index is 14.2. The molecule has 13 rings (SSSR count). The van der Waals surface area contributed by atoms with Crippen LogP contribution in [0.15, 0.2) is 218 Å². The molecule has 0 saturated carbocycles. The zero-order valence-electron chi connectivity index (χ0n) is 44.0. The predicted octanol–water partition coefficient (Wildman–Crippen LogP) is 20.0. The van der Waals surface area contributed by atoms with Crippen LogP contribution in [0.25, 0.3) is 123 Å². The molecule has 0 amide bonds. The first-order valence-electron chi connectivity index (χ1n) is 26.3. The average Bonchev–Trinajstić information content (AvgIpc) is 1.61. The first kappa shape index (κ1) is 54.7. The van der Waals surface area contributed by atoms with Crippen LogP contribution in [-0.2, 0) is 24.7 Å². The third-order valence-corrected chi connectivity index (χ3v) is 15.1. The van der Waals surface area contributed by atoms with Gasteiger partial charge in [0.15, 0.2) is 17.5 Å². The van der Waals surface area contributed by atoms with Crippen LogP contribution >= 0.6 is 0 Å². The van der Waals surface area contributed by atoms with E-state index in [-0.39, 0.29) is 45.8 Å². The molecule has 0 atom stereocenters. The summed E-state index contributed by atoms with van der Waals surface area (Å²) in [5, 5.41) is 13.5. The summed E-state index contributed by atoms with van der Waals surface area (Å²) in [5.41, 5.74) is -0.598. The quantitative estimate of drug-likeness (QED) is 0.142. The molecule has 6 nitrogen and oxygen atoms in total. The van der Waals surface area contributed by atoms with Gasteiger partial charge >= 0.3 is 24.7 Å². The van der Waals surface area contributed by atoms with Crippen molar-refractivity contribution in [2.75, 3.05) is 0 Å². The lowest BCUT2D eigenvalue weighted by Gasteiger charge is -2.18. The molecule has 0 spiro atoms. The molecular formula is C68H36F12N6. The lowest BCUT2D eigenvalue weighted by molar-refractivity contribution is -0.144. The molecule has 0 bridgehead atoms. The fraction of sp³-hybridized carbons (Fsp3) is 0.0588. The summed E-state index contributed by atoms with van der Waals surface area (Å²) in [5.74, 6) is 0.868. The molecule has 13 aromatic rings. The van der Waals surface area contributed by atoms with Gasteiger partial charge in [-0.2, -0.15) is 57.9 Å². The zero-order valence-corrected chi connectivity index (χ0v) is 44.0. The third-order valence-electron chi connectivity index (χ3n) is 15.1. The average molecular weight is 1170 g/mol. The summed E-state index contributed by atoms with van der Waals surface area (Å²) in [6.45, 7) is 0. The molecule has 0 aliphatic rings. The van der Waals surface area contributed by atoms with Gasteiger partial charge < -0.3 is 9.13 Å². The minimum atomic E-state index is -5.10. The van der Waals surface area contributed by atoms with Gasteiger partial charge in [0.2, 0.25) is 0 Å². The van der Waals surface area contributed by atoms with Crippen LogP contribution in [0.3, 0.4) is 0 Å². The fourth-order valence-corrected chi connectivity index (χ4v) is 11.2. The second-order valence-corrected chi connectivity index (χ2v) is 20.3. The number of fused-ring (bicyclic) bond motifs is 6. The van der Waals surface area contributed by atoms with E-state index in [4.69, 9.17) is 15.0 Å². The van der Waals surface area contributed by atoms with Gasteiger partial charge in [0, 0.05) is 43.8 Å². The highest BCUT2D eigenvalue weighted by Gasteiger charge is 2.39. The fourth-order valence-electron chi connectivity index (χ4n) is 11.2. The van der Waals surface area contributed by atoms with Crippen LogP contribution in [0, 0.1) is 11.3 Å². The minimum Gasteiger partial charge on any atom is -0.308 e. The lowest BCUT2D eigenvalue weighted by Crippen LogP contribution is -2.11. The molecule has 3 heterocycles. The molecule has 0 aliphatic heterocycles. The molecule has 10 aromatic carbocycles. The Morgan fingerprint density at radius 2 is 0.686 bits per heavy atom. The van der Waals surface area contributed by atoms with E-state index in [2.05, 4.69) is 6.07 Å². The first-order chi connectivity index (χ1) is 41.1. The summed E-state index contributed by atoms with van der Waals surface area (Å²) in [7, 11) is 0. The summed E-state index contributed by atoms with van der Waals surface area (Å²) >= 11 is 0. The van der Waals surface area contributed by atoms with Crippen molar-refractivity contribution in [3.05, 3.63) is 246 Å². The molecule has 422 valence electrons. The van der Waals surface area contributed by atoms with Gasteiger partial charge in [-0.1, -0.05) is 127 Å². The summed E-state index contributed by atoms with van der Waals surface area (Å²) in [4.78, 5) is 15.0. The first-order valence-corrected chi connectivity index (χ1v) is 26.3. The molecule has 86 heavy (non-hydrogen) atoms. The topological polar surface area (TPSA) is 72.3 Å². The number of rotatable bonds is 8. The van der Waals surface area contributed by atoms with E-state index < -0.39 is 47.0 Å². The van der Waals surface area contributed by atoms with Crippen molar-refractivity contribution >= 4 is 43.6 Å². The monoisotopic (exact) mass is 1160 g/mol. The zero-order chi connectivity index (χ0) is 60.0. The van der Waals surface area contributed by atoms with E-state index in [9.17, 15) is 57.9 Å². The molecule has 0 unspecified atom stereocenters. The number of hydrogen-bond acceptors (Lipinski definition) is 4. The lowest BCUT2D eigenvalue weighted by atomic mass is 9.96. The van der Waals surface area contributed by atoms with Crippen molar-refractivity contribution in [3.8, 4) is 85.0 Å². The Labute approximate surface area is 479 Å². The van der Waals surface area contributed by atoms with Gasteiger partial charge in [0.05, 0.1) is 61.3 Å². The maximum atomic E-state index is 14.2. The van der Waals surface area contributed by atoms with Crippen LogP contribution in [-0.4, -0.2) is 24.1 Å². The molecule has 0 fully saturated rings. The molecule has 3 aromatic heterocycles. The highest BCUT2D eigenvalue weighted by Crippen LogP contribution is 2.46. The van der Waals surface area contributed by atoms with Gasteiger partial charge in [-0.15, -0.1) is 0 Å². The molecular weight excluding hydrogens is 1130 g/mol. The van der Waals surface area contributed by atoms with Gasteiger partial charge in [0.1, 0.15) is 6.07 Å². The van der Waals surface area contributed by atoms with Crippen molar-refractivity contribution in [1.29, 1.82) is 5.26 Å². The van der Waals surface area contributed by atoms with Gasteiger partial charge in [-0.3, -0.25) is 0 Å². The van der Waals surface area contributed by atoms with Crippen molar-refractivity contribution in [2.24, 2.45) is 0 Å². The van der Waals surface area contributed by atoms with E-state index in [0.29, 0.717) is 119 Å². The standard InChI is InChI=1S/C68H36F12N6/c69-65(70,71)45-28-43(29-46(35-45)66(72,73)74)40-23-26-59-53(32-40)50-16-7-9-19-56(50)85(59)58-21-11-18-49(55(58)37-81)42-22-25-52(64-83-62(38-12-3-1-4-13-38)82-63(84-64)39-14-5-2-6-15-39)61(34-42)86-57-20-10-8-17-51(57)54-33-41(24-27-60(54)86)44-30-47(67(75,76)77)36-48(31-44)68(78,79)80/h1-36H. The van der Waals surface area contributed by atoms with Crippen LogP contribution < -0.4 is 0 Å². The van der Waals surface area contributed by atoms with Gasteiger partial charge in [0.25, 0.3) is 0 Å². The number of benzene rings is 10. The summed E-state index contributed by atoms with van der Waals surface area (Å²) in [6.07, 6.45) is -20.4.